The van der Waals surface area contributed by atoms with Crippen LogP contribution in [0.1, 0.15) is 53.4 Å². The molecule has 4 heterocycles. The van der Waals surface area contributed by atoms with Crippen LogP contribution in [0, 0.1) is 0 Å². The van der Waals surface area contributed by atoms with Gasteiger partial charge in [0.1, 0.15) is 11.6 Å². The Hall–Kier alpha value is -2.94. The number of methoxy groups -OCH3 is 1. The van der Waals surface area contributed by atoms with E-state index < -0.39 is 23.7 Å². The first-order chi connectivity index (χ1) is 13.8. The van der Waals surface area contributed by atoms with Gasteiger partial charge in [0.05, 0.1) is 24.1 Å². The summed E-state index contributed by atoms with van der Waals surface area (Å²) in [5.41, 5.74) is 2.26. The molecular formula is C20H22N4O4S. The minimum atomic E-state index is -0.619. The van der Waals surface area contributed by atoms with Gasteiger partial charge in [0.2, 0.25) is 0 Å². The number of aromatic nitrogens is 3. The zero-order valence-corrected chi connectivity index (χ0v) is 17.5. The molecule has 1 aliphatic rings. The molecule has 1 atom stereocenters. The third-order valence-corrected chi connectivity index (χ3v) is 5.59. The van der Waals surface area contributed by atoms with Gasteiger partial charge < -0.3 is 9.47 Å². The molecule has 1 unspecified atom stereocenters. The lowest BCUT2D eigenvalue weighted by Crippen LogP contribution is -2.43. The smallest absolute Gasteiger partial charge is 0.411 e. The predicted molar refractivity (Wildman–Crippen MR) is 107 cm³/mol. The van der Waals surface area contributed by atoms with E-state index in [2.05, 4.69) is 5.10 Å². The fourth-order valence-electron chi connectivity index (χ4n) is 3.44. The Morgan fingerprint density at radius 3 is 2.83 bits per heavy atom. The number of imidazole rings is 1. The Kier molecular flexibility index (Phi) is 4.77. The zero-order chi connectivity index (χ0) is 20.8. The van der Waals surface area contributed by atoms with Gasteiger partial charge in [-0.1, -0.05) is 0 Å². The van der Waals surface area contributed by atoms with E-state index in [1.165, 1.54) is 18.4 Å². The summed E-state index contributed by atoms with van der Waals surface area (Å²) < 4.78 is 12.3. The van der Waals surface area contributed by atoms with Gasteiger partial charge in [-0.15, -0.1) is 11.3 Å². The topological polar surface area (TPSA) is 86.0 Å². The van der Waals surface area contributed by atoms with Crippen LogP contribution in [0.3, 0.4) is 0 Å². The molecular weight excluding hydrogens is 392 g/mol. The maximum absolute atomic E-state index is 13.0. The summed E-state index contributed by atoms with van der Waals surface area (Å²) in [4.78, 5) is 32.2. The predicted octanol–water partition coefficient (Wildman–Crippen LogP) is 3.46. The molecule has 1 amide bonds. The average Bonchev–Trinajstić information content (AvgIpc) is 3.30. The van der Waals surface area contributed by atoms with Crippen LogP contribution >= 0.6 is 11.3 Å². The Bertz CT molecular complexity index is 1080. The average molecular weight is 414 g/mol. The highest BCUT2D eigenvalue weighted by Gasteiger charge is 2.39. The van der Waals surface area contributed by atoms with Crippen LogP contribution < -0.4 is 0 Å². The molecule has 3 aromatic heterocycles. The summed E-state index contributed by atoms with van der Waals surface area (Å²) >= 11 is 1.40. The van der Waals surface area contributed by atoms with E-state index in [1.54, 1.807) is 27.1 Å². The minimum absolute atomic E-state index is 0.410. The van der Waals surface area contributed by atoms with Crippen molar-refractivity contribution in [3.8, 4) is 0 Å². The molecule has 9 heteroatoms. The Morgan fingerprint density at radius 1 is 1.31 bits per heavy atom. The van der Waals surface area contributed by atoms with Crippen LogP contribution in [0.4, 0.5) is 4.79 Å². The maximum Gasteiger partial charge on any atom is 0.411 e. The number of amides is 1. The molecule has 0 aromatic carbocycles. The van der Waals surface area contributed by atoms with Crippen molar-refractivity contribution in [3.05, 3.63) is 51.6 Å². The van der Waals surface area contributed by atoms with Crippen molar-refractivity contribution in [2.45, 2.75) is 38.8 Å². The number of fused-ring (bicyclic) bond motifs is 3. The fraction of sp³-hybridized carbons (Fsp3) is 0.400. The molecule has 0 fully saturated rings. The molecule has 4 rings (SSSR count). The first kappa shape index (κ1) is 19.4. The van der Waals surface area contributed by atoms with Gasteiger partial charge in [0, 0.05) is 29.4 Å². The highest BCUT2D eigenvalue weighted by Crippen LogP contribution is 2.39. The second-order valence-corrected chi connectivity index (χ2v) is 8.74. The van der Waals surface area contributed by atoms with Crippen LogP contribution in [-0.4, -0.2) is 50.8 Å². The molecule has 0 saturated heterocycles. The quantitative estimate of drug-likeness (QED) is 0.597. The lowest BCUT2D eigenvalue weighted by atomic mass is 10.0. The Labute approximate surface area is 172 Å². The van der Waals surface area contributed by atoms with Crippen molar-refractivity contribution >= 4 is 29.0 Å². The molecule has 0 radical (unpaired) electrons. The zero-order valence-electron chi connectivity index (χ0n) is 16.7. The van der Waals surface area contributed by atoms with E-state index >= 15 is 0 Å². The van der Waals surface area contributed by atoms with Gasteiger partial charge in [-0.25, -0.2) is 19.1 Å². The summed E-state index contributed by atoms with van der Waals surface area (Å²) in [6, 6.07) is 5.02. The van der Waals surface area contributed by atoms with Crippen molar-refractivity contribution in [2.24, 2.45) is 0 Å². The highest BCUT2D eigenvalue weighted by atomic mass is 32.1. The normalized spacial score (nSPS) is 16.6. The molecule has 29 heavy (non-hydrogen) atoms. The number of nitrogens with zero attached hydrogens (tertiary/aromatic N) is 4. The second kappa shape index (κ2) is 7.14. The molecule has 0 N–H and O–H groups in total. The molecule has 3 aromatic rings. The molecule has 0 bridgehead atoms. The molecule has 0 aliphatic carbocycles. The summed E-state index contributed by atoms with van der Waals surface area (Å²) in [6.45, 7) is 5.98. The third-order valence-electron chi connectivity index (χ3n) is 4.60. The van der Waals surface area contributed by atoms with Crippen molar-refractivity contribution in [3.63, 3.8) is 0 Å². The number of ether oxygens (including phenoxy) is 2. The monoisotopic (exact) mass is 414 g/mol. The van der Waals surface area contributed by atoms with Crippen molar-refractivity contribution < 1.29 is 19.1 Å². The van der Waals surface area contributed by atoms with Crippen molar-refractivity contribution in [1.82, 2.24) is 19.5 Å². The van der Waals surface area contributed by atoms with E-state index in [4.69, 9.17) is 14.5 Å². The van der Waals surface area contributed by atoms with Gasteiger partial charge in [0.15, 0.2) is 5.65 Å². The Balaban J connectivity index is 1.84. The first-order valence-corrected chi connectivity index (χ1v) is 10.2. The number of hydrogen-bond acceptors (Lipinski definition) is 7. The molecule has 0 saturated carbocycles. The molecule has 8 nitrogen and oxygen atoms in total. The summed E-state index contributed by atoms with van der Waals surface area (Å²) in [5, 5.41) is 6.18. The second-order valence-electron chi connectivity index (χ2n) is 7.79. The number of thiophene rings is 1. The lowest BCUT2D eigenvalue weighted by molar-refractivity contribution is 0.0175. The third kappa shape index (κ3) is 3.57. The standard InChI is InChI=1S/C20H22N4O4S/c1-20(2,3)28-19(26)23-9-7-13-16(24-15(22-13)6-5-8-21-24)17(23)14-10-12(11-29-14)18(25)27-4/h5-6,8,10-11,17H,7,9H2,1-4H3. The van der Waals surface area contributed by atoms with Crippen molar-refractivity contribution in [1.29, 1.82) is 0 Å². The van der Waals surface area contributed by atoms with Crippen LogP contribution in [-0.2, 0) is 15.9 Å². The van der Waals surface area contributed by atoms with E-state index in [0.717, 1.165) is 21.9 Å². The maximum atomic E-state index is 13.0. The van der Waals surface area contributed by atoms with Crippen molar-refractivity contribution in [2.75, 3.05) is 13.7 Å². The minimum Gasteiger partial charge on any atom is -0.465 e. The summed E-state index contributed by atoms with van der Waals surface area (Å²) in [7, 11) is 1.35. The van der Waals surface area contributed by atoms with Gasteiger partial charge in [-0.2, -0.15) is 5.10 Å². The van der Waals surface area contributed by atoms with Crippen LogP contribution in [0.2, 0.25) is 0 Å². The van der Waals surface area contributed by atoms with Gasteiger partial charge in [-0.05, 0) is 39.0 Å². The number of hydrogen-bond donors (Lipinski definition) is 0. The summed E-state index contributed by atoms with van der Waals surface area (Å²) in [6.07, 6.45) is 1.88. The van der Waals surface area contributed by atoms with Crippen LogP contribution in [0.25, 0.3) is 5.65 Å². The summed E-state index contributed by atoms with van der Waals surface area (Å²) in [5.74, 6) is -0.413. The fourth-order valence-corrected chi connectivity index (χ4v) is 4.43. The van der Waals surface area contributed by atoms with E-state index in [9.17, 15) is 9.59 Å². The number of rotatable bonds is 2. The molecule has 152 valence electrons. The van der Waals surface area contributed by atoms with E-state index in [0.29, 0.717) is 18.5 Å². The highest BCUT2D eigenvalue weighted by molar-refractivity contribution is 7.10. The number of esters is 1. The van der Waals surface area contributed by atoms with E-state index in [-0.39, 0.29) is 0 Å². The molecule has 1 aliphatic heterocycles. The Morgan fingerprint density at radius 2 is 2.10 bits per heavy atom. The van der Waals surface area contributed by atoms with Crippen LogP contribution in [0.15, 0.2) is 29.8 Å². The SMILES string of the molecule is COC(=O)c1csc(C2c3c(nc4cccnn34)CCN2C(=O)OC(C)(C)C)c1. The largest absolute Gasteiger partial charge is 0.465 e. The van der Waals surface area contributed by atoms with Gasteiger partial charge in [-0.3, -0.25) is 4.90 Å². The van der Waals surface area contributed by atoms with Gasteiger partial charge >= 0.3 is 12.1 Å². The molecule has 0 spiro atoms. The number of carbonyl (C=O) groups is 2. The van der Waals surface area contributed by atoms with E-state index in [1.807, 2.05) is 32.9 Å². The lowest BCUT2D eigenvalue weighted by Gasteiger charge is -2.35. The number of carbonyl (C=O) groups excluding carboxylic acids is 2. The first-order valence-electron chi connectivity index (χ1n) is 9.27. The van der Waals surface area contributed by atoms with Crippen LogP contribution in [0.5, 0.6) is 0 Å². The van der Waals surface area contributed by atoms with Gasteiger partial charge in [0.25, 0.3) is 0 Å².